The summed E-state index contributed by atoms with van der Waals surface area (Å²) in [5.41, 5.74) is 13.8. The first-order chi connectivity index (χ1) is 15.3. The van der Waals surface area contributed by atoms with Crippen LogP contribution in [0, 0.1) is 18.3 Å². The smallest absolute Gasteiger partial charge is 0.0880 e. The van der Waals surface area contributed by atoms with Crippen molar-refractivity contribution in [2.45, 2.75) is 79.6 Å². The predicted molar refractivity (Wildman–Crippen MR) is 146 cm³/mol. The lowest BCUT2D eigenvalue weighted by Crippen LogP contribution is -2.39. The van der Waals surface area contributed by atoms with Gasteiger partial charge < -0.3 is 0 Å². The van der Waals surface area contributed by atoms with Gasteiger partial charge in [0.25, 0.3) is 0 Å². The second-order valence-electron chi connectivity index (χ2n) is 13.2. The van der Waals surface area contributed by atoms with Crippen molar-refractivity contribution in [1.29, 1.82) is 0 Å². The van der Waals surface area contributed by atoms with Crippen LogP contribution in [0.4, 0.5) is 0 Å². The third-order valence-corrected chi connectivity index (χ3v) is 8.50. The molecule has 0 N–H and O–H groups in total. The molecular formula is C32H39B. The summed E-state index contributed by atoms with van der Waals surface area (Å²) < 4.78 is 0. The highest BCUT2D eigenvalue weighted by atomic mass is 14.4. The van der Waals surface area contributed by atoms with Crippen LogP contribution in [-0.2, 0) is 10.8 Å². The van der Waals surface area contributed by atoms with Gasteiger partial charge in [-0.05, 0) is 57.9 Å². The third kappa shape index (κ3) is 3.42. The average Bonchev–Trinajstić information content (AvgIpc) is 3.18. The van der Waals surface area contributed by atoms with E-state index >= 15 is 0 Å². The molecule has 1 heterocycles. The molecule has 0 amide bonds. The Bertz CT molecular complexity index is 1230. The quantitative estimate of drug-likeness (QED) is 0.401. The lowest BCUT2D eigenvalue weighted by molar-refractivity contribution is 0.294. The maximum Gasteiger partial charge on any atom is 0.239 e. The van der Waals surface area contributed by atoms with E-state index in [4.69, 9.17) is 0 Å². The van der Waals surface area contributed by atoms with Crippen molar-refractivity contribution in [2.24, 2.45) is 11.3 Å². The van der Waals surface area contributed by atoms with Crippen LogP contribution in [0.2, 0.25) is 0 Å². The molecule has 1 unspecified atom stereocenters. The van der Waals surface area contributed by atoms with Gasteiger partial charge in [0.2, 0.25) is 6.71 Å². The highest BCUT2D eigenvalue weighted by molar-refractivity contribution is 6.92. The summed E-state index contributed by atoms with van der Waals surface area (Å²) in [7, 11) is 0. The summed E-state index contributed by atoms with van der Waals surface area (Å²) in [6.45, 7) is 21.7. The van der Waals surface area contributed by atoms with Gasteiger partial charge in [-0.3, -0.25) is 0 Å². The first kappa shape index (κ1) is 22.5. The first-order valence-electron chi connectivity index (χ1n) is 12.7. The van der Waals surface area contributed by atoms with Crippen LogP contribution in [-0.4, -0.2) is 6.71 Å². The Hall–Kier alpha value is -2.28. The van der Waals surface area contributed by atoms with Crippen molar-refractivity contribution in [1.82, 2.24) is 0 Å². The summed E-state index contributed by atoms with van der Waals surface area (Å²) >= 11 is 0. The zero-order valence-corrected chi connectivity index (χ0v) is 22.1. The molecule has 3 aliphatic rings. The number of allylic oxidation sites excluding steroid dienone is 5. The van der Waals surface area contributed by atoms with Crippen molar-refractivity contribution < 1.29 is 0 Å². The molecule has 170 valence electrons. The molecule has 2 aliphatic carbocycles. The minimum absolute atomic E-state index is 0.0326. The topological polar surface area (TPSA) is 0 Å². The van der Waals surface area contributed by atoms with Crippen LogP contribution in [0.3, 0.4) is 0 Å². The van der Waals surface area contributed by atoms with Crippen LogP contribution in [0.1, 0.15) is 89.6 Å². The van der Waals surface area contributed by atoms with Gasteiger partial charge in [0.1, 0.15) is 0 Å². The molecule has 1 aliphatic heterocycles. The zero-order valence-electron chi connectivity index (χ0n) is 22.1. The second-order valence-corrected chi connectivity index (χ2v) is 13.2. The van der Waals surface area contributed by atoms with Gasteiger partial charge in [-0.1, -0.05) is 132 Å². The summed E-state index contributed by atoms with van der Waals surface area (Å²) in [4.78, 5) is 0. The highest BCUT2D eigenvalue weighted by Crippen LogP contribution is 2.50. The van der Waals surface area contributed by atoms with Crippen molar-refractivity contribution in [2.75, 3.05) is 0 Å². The van der Waals surface area contributed by atoms with Crippen LogP contribution in [0.5, 0.6) is 0 Å². The zero-order chi connectivity index (χ0) is 23.9. The molecule has 2 aromatic carbocycles. The van der Waals surface area contributed by atoms with Crippen molar-refractivity contribution >= 4 is 23.8 Å². The largest absolute Gasteiger partial charge is 0.239 e. The van der Waals surface area contributed by atoms with Gasteiger partial charge in [-0.15, -0.1) is 0 Å². The van der Waals surface area contributed by atoms with Gasteiger partial charge in [-0.25, -0.2) is 0 Å². The van der Waals surface area contributed by atoms with E-state index in [1.807, 2.05) is 0 Å². The van der Waals surface area contributed by atoms with E-state index < -0.39 is 0 Å². The maximum atomic E-state index is 2.62. The second kappa shape index (κ2) is 7.11. The number of hydrogen-bond acceptors (Lipinski definition) is 0. The molecule has 0 saturated heterocycles. The minimum Gasteiger partial charge on any atom is -0.0880 e. The van der Waals surface area contributed by atoms with Crippen LogP contribution in [0.15, 0.2) is 59.5 Å². The third-order valence-electron chi connectivity index (χ3n) is 8.50. The molecule has 0 spiro atoms. The average molecular weight is 434 g/mol. The van der Waals surface area contributed by atoms with E-state index in [0.29, 0.717) is 12.6 Å². The number of benzene rings is 2. The van der Waals surface area contributed by atoms with Gasteiger partial charge in [0.05, 0.1) is 0 Å². The van der Waals surface area contributed by atoms with Gasteiger partial charge >= 0.3 is 0 Å². The summed E-state index contributed by atoms with van der Waals surface area (Å²) in [5, 5.41) is 0. The van der Waals surface area contributed by atoms with Gasteiger partial charge in [-0.2, -0.15) is 0 Å². The molecule has 0 bridgehead atoms. The lowest BCUT2D eigenvalue weighted by atomic mass is 9.33. The molecule has 5 rings (SSSR count). The molecular weight excluding hydrogens is 395 g/mol. The van der Waals surface area contributed by atoms with Crippen LogP contribution < -0.4 is 5.46 Å². The monoisotopic (exact) mass is 434 g/mol. The van der Waals surface area contributed by atoms with Crippen molar-refractivity contribution in [3.8, 4) is 0 Å². The van der Waals surface area contributed by atoms with Crippen LogP contribution in [0.25, 0.3) is 11.6 Å². The molecule has 0 fully saturated rings. The highest BCUT2D eigenvalue weighted by Gasteiger charge is 2.47. The van der Waals surface area contributed by atoms with E-state index in [1.165, 1.54) is 33.4 Å². The summed E-state index contributed by atoms with van der Waals surface area (Å²) in [6, 6.07) is 14.0. The fourth-order valence-corrected chi connectivity index (χ4v) is 6.31. The Kier molecular flexibility index (Phi) is 4.85. The Morgan fingerprint density at radius 1 is 0.970 bits per heavy atom. The fourth-order valence-electron chi connectivity index (χ4n) is 6.31. The molecule has 33 heavy (non-hydrogen) atoms. The Morgan fingerprint density at radius 2 is 1.67 bits per heavy atom. The Labute approximate surface area is 202 Å². The van der Waals surface area contributed by atoms with E-state index in [1.54, 1.807) is 16.4 Å². The number of rotatable bonds is 1. The summed E-state index contributed by atoms with van der Waals surface area (Å²) in [5.74, 6) is 0.573. The molecule has 2 aromatic rings. The number of aryl methyl sites for hydroxylation is 1. The van der Waals surface area contributed by atoms with Crippen molar-refractivity contribution in [3.05, 3.63) is 87.3 Å². The van der Waals surface area contributed by atoms with E-state index in [-0.39, 0.29) is 16.2 Å². The molecule has 1 heteroatoms. The lowest BCUT2D eigenvalue weighted by Gasteiger charge is -2.33. The van der Waals surface area contributed by atoms with E-state index in [0.717, 1.165) is 6.42 Å². The molecule has 0 aromatic heterocycles. The molecule has 0 saturated carbocycles. The van der Waals surface area contributed by atoms with Gasteiger partial charge in [0.15, 0.2) is 0 Å². The van der Waals surface area contributed by atoms with E-state index in [9.17, 15) is 0 Å². The number of hydrogen-bond donors (Lipinski definition) is 0. The van der Waals surface area contributed by atoms with Crippen LogP contribution >= 0.6 is 0 Å². The first-order valence-corrected chi connectivity index (χ1v) is 12.7. The Balaban J connectivity index is 1.75. The number of fused-ring (bicyclic) bond motifs is 4. The Morgan fingerprint density at radius 3 is 2.30 bits per heavy atom. The summed E-state index contributed by atoms with van der Waals surface area (Å²) in [6.07, 6.45) is 8.85. The van der Waals surface area contributed by atoms with Crippen molar-refractivity contribution in [3.63, 3.8) is 0 Å². The maximum absolute atomic E-state index is 2.62. The van der Waals surface area contributed by atoms with E-state index in [2.05, 4.69) is 117 Å². The normalized spacial score (nSPS) is 21.2. The molecule has 0 nitrogen and oxygen atoms in total. The van der Waals surface area contributed by atoms with Gasteiger partial charge in [0, 0.05) is 5.41 Å². The predicted octanol–water partition coefficient (Wildman–Crippen LogP) is 7.84. The standard InChI is InChI=1S/C32H39B/c1-20-16-23(31(5,6)7)19-25-24-18-22(30(2,3)4)14-15-27(24)33(29(20)25)28-17-21-12-10-11-13-26(21)32(28,8)9/h10-13,15-19,22H,14H2,1-9H3. The SMILES string of the molecule is Cc1cc(C(C)(C)C)cc2c1B(C1=Cc3ccccc3C1(C)C)C1=CCC(C(C)(C)C)C=C12. The fraction of sp³-hybridized carbons (Fsp3) is 0.438. The molecule has 1 atom stereocenters. The minimum atomic E-state index is 0.0326. The molecule has 0 radical (unpaired) electrons.